The zero-order chi connectivity index (χ0) is 21.8. The summed E-state index contributed by atoms with van der Waals surface area (Å²) in [6.45, 7) is 4.76. The highest BCUT2D eigenvalue weighted by atomic mass is 32.1. The maximum Gasteiger partial charge on any atom is 0.295 e. The van der Waals surface area contributed by atoms with E-state index < -0.39 is 23.5 Å². The van der Waals surface area contributed by atoms with Gasteiger partial charge in [-0.05, 0) is 29.1 Å². The van der Waals surface area contributed by atoms with Crippen LogP contribution < -0.4 is 14.7 Å². The summed E-state index contributed by atoms with van der Waals surface area (Å²) in [5.74, 6) is -1.07. The summed E-state index contributed by atoms with van der Waals surface area (Å²) < 4.78 is 10.5. The van der Waals surface area contributed by atoms with Gasteiger partial charge in [0.15, 0.2) is 0 Å². The number of benzene rings is 1. The van der Waals surface area contributed by atoms with Gasteiger partial charge in [-0.3, -0.25) is 9.59 Å². The standard InChI is InChI=1S/C23H26N2O5S/c1-29-17-7-5-16(6-8-17)21(26)19-20(18-4-2-15-31-18)25(23(28)22(19)27)10-3-9-24-11-13-30-14-12-24/h2,4-8,15,20,26H,3,9-14H2,1H3. The molecule has 4 rings (SSSR count). The molecule has 1 N–H and O–H groups in total. The van der Waals surface area contributed by atoms with Crippen molar-refractivity contribution in [3.05, 3.63) is 57.8 Å². The highest BCUT2D eigenvalue weighted by Crippen LogP contribution is 2.40. The Labute approximate surface area is 185 Å². The van der Waals surface area contributed by atoms with E-state index in [0.29, 0.717) is 17.9 Å². The van der Waals surface area contributed by atoms with E-state index in [1.165, 1.54) is 16.2 Å². The molecule has 1 atom stereocenters. The van der Waals surface area contributed by atoms with Crippen LogP contribution >= 0.6 is 11.3 Å². The smallest absolute Gasteiger partial charge is 0.295 e. The van der Waals surface area contributed by atoms with Gasteiger partial charge < -0.3 is 24.4 Å². The number of thiophene rings is 1. The van der Waals surface area contributed by atoms with Crippen molar-refractivity contribution in [2.24, 2.45) is 0 Å². The molecule has 0 radical (unpaired) electrons. The van der Waals surface area contributed by atoms with Crippen LogP contribution in [-0.2, 0) is 14.3 Å². The van der Waals surface area contributed by atoms with E-state index >= 15 is 0 Å². The first-order valence-electron chi connectivity index (χ1n) is 10.5. The predicted molar refractivity (Wildman–Crippen MR) is 115 cm³/mol. The maximum absolute atomic E-state index is 13.3. The number of carbonyl (C=O) groups excluding carboxylic acids is 2. The number of morpholine rings is 1. The molecule has 2 saturated heterocycles. The molecular formula is C23H26N2O5S. The number of nitrogens with zero attached hydrogens (tertiary/aromatic N) is 1. The third-order valence-corrected chi connectivity index (χ3v) is 6.75. The fraction of sp³-hybridized carbons (Fsp3) is 0.391. The van der Waals surface area contributed by atoms with Crippen LogP contribution in [0.25, 0.3) is 5.76 Å². The van der Waals surface area contributed by atoms with Crippen molar-refractivity contribution >= 4 is 28.8 Å². The summed E-state index contributed by atoms with van der Waals surface area (Å²) in [6.07, 6.45) is 0.764. The zero-order valence-corrected chi connectivity index (χ0v) is 18.3. The molecule has 0 spiro atoms. The molecule has 164 valence electrons. The third kappa shape index (κ3) is 4.51. The van der Waals surface area contributed by atoms with E-state index in [-0.39, 0.29) is 5.57 Å². The van der Waals surface area contributed by atoms with Crippen LogP contribution in [0.5, 0.6) is 5.75 Å². The van der Waals surface area contributed by atoms with Gasteiger partial charge in [0.25, 0.3) is 5.91 Å². The second-order valence-electron chi connectivity index (χ2n) is 7.68. The van der Waals surface area contributed by atoms with E-state index in [9.17, 15) is 14.7 Å². The highest BCUT2D eigenvalue weighted by molar-refractivity contribution is 7.10. The van der Waals surface area contributed by atoms with Crippen molar-refractivity contribution in [1.82, 2.24) is 4.90 Å². The number of methoxy groups -OCH3 is 1. The molecule has 1 aromatic carbocycles. The van der Waals surface area contributed by atoms with Gasteiger partial charge in [-0.25, -0.2) is 0 Å². The van der Waals surface area contributed by atoms with Crippen molar-refractivity contribution in [1.29, 1.82) is 0 Å². The Morgan fingerprint density at radius 2 is 1.97 bits per heavy atom. The number of quaternary nitrogens is 1. The molecular weight excluding hydrogens is 416 g/mol. The lowest BCUT2D eigenvalue weighted by molar-refractivity contribution is -0.908. The first-order chi connectivity index (χ1) is 15.1. The Morgan fingerprint density at radius 1 is 1.23 bits per heavy atom. The molecule has 3 heterocycles. The molecule has 2 aliphatic rings. The summed E-state index contributed by atoms with van der Waals surface area (Å²) in [6, 6.07) is 9.73. The van der Waals surface area contributed by atoms with Crippen LogP contribution in [0.1, 0.15) is 22.9 Å². The number of amides is 1. The zero-order valence-electron chi connectivity index (χ0n) is 17.5. The number of ketones is 1. The summed E-state index contributed by atoms with van der Waals surface area (Å²) in [7, 11) is 1.55. The molecule has 0 saturated carbocycles. The topological polar surface area (TPSA) is 83.3 Å². The Hall–Kier alpha value is -2.68. The van der Waals surface area contributed by atoms with E-state index in [1.54, 1.807) is 36.3 Å². The SMILES string of the molecule is COc1ccc(C([O-])=C2C(=O)C(=O)N(CCC[NH+]3CCOCC3)C2c2cccs2)cc1. The van der Waals surface area contributed by atoms with Gasteiger partial charge in [0, 0.05) is 23.4 Å². The molecule has 7 nitrogen and oxygen atoms in total. The van der Waals surface area contributed by atoms with E-state index in [2.05, 4.69) is 0 Å². The Bertz CT molecular complexity index is 949. The average molecular weight is 443 g/mol. The molecule has 1 aromatic heterocycles. The van der Waals surface area contributed by atoms with Gasteiger partial charge in [-0.1, -0.05) is 24.0 Å². The highest BCUT2D eigenvalue weighted by Gasteiger charge is 2.44. The first-order valence-corrected chi connectivity index (χ1v) is 11.3. The largest absolute Gasteiger partial charge is 0.872 e. The van der Waals surface area contributed by atoms with Crippen molar-refractivity contribution < 1.29 is 29.1 Å². The van der Waals surface area contributed by atoms with Crippen LogP contribution in [0.2, 0.25) is 0 Å². The number of rotatable bonds is 7. The molecule has 8 heteroatoms. The summed E-state index contributed by atoms with van der Waals surface area (Å²) >= 11 is 1.45. The third-order valence-electron chi connectivity index (χ3n) is 5.82. The number of hydrogen-bond donors (Lipinski definition) is 1. The number of Topliss-reactive ketones (excluding diaryl/α,β-unsaturated/α-hetero) is 1. The number of carbonyl (C=O) groups is 2. The maximum atomic E-state index is 13.3. The fourth-order valence-electron chi connectivity index (χ4n) is 4.15. The lowest BCUT2D eigenvalue weighted by atomic mass is 10.00. The molecule has 0 aliphatic carbocycles. The number of ether oxygens (including phenoxy) is 2. The number of likely N-dealkylation sites (tertiary alicyclic amines) is 1. The first kappa shape index (κ1) is 21.5. The van der Waals surface area contributed by atoms with E-state index in [4.69, 9.17) is 9.47 Å². The molecule has 2 fully saturated rings. The van der Waals surface area contributed by atoms with Gasteiger partial charge in [-0.2, -0.15) is 0 Å². The molecule has 2 aliphatic heterocycles. The molecule has 1 unspecified atom stereocenters. The second-order valence-corrected chi connectivity index (χ2v) is 8.66. The summed E-state index contributed by atoms with van der Waals surface area (Å²) in [4.78, 5) is 29.7. The molecule has 31 heavy (non-hydrogen) atoms. The predicted octanol–water partition coefficient (Wildman–Crippen LogP) is 0.286. The second kappa shape index (κ2) is 9.64. The normalized spacial score (nSPS) is 21.6. The lowest BCUT2D eigenvalue weighted by Gasteiger charge is -2.28. The summed E-state index contributed by atoms with van der Waals surface area (Å²) in [5.41, 5.74) is 0.412. The Morgan fingerprint density at radius 3 is 2.61 bits per heavy atom. The van der Waals surface area contributed by atoms with E-state index in [0.717, 1.165) is 44.1 Å². The van der Waals surface area contributed by atoms with Crippen LogP contribution in [0.15, 0.2) is 47.4 Å². The van der Waals surface area contributed by atoms with Gasteiger partial charge in [-0.15, -0.1) is 11.3 Å². The van der Waals surface area contributed by atoms with E-state index in [1.807, 2.05) is 17.5 Å². The molecule has 0 bridgehead atoms. The lowest BCUT2D eigenvalue weighted by Crippen LogP contribution is -3.14. The average Bonchev–Trinajstić information content (AvgIpc) is 3.42. The quantitative estimate of drug-likeness (QED) is 0.379. The van der Waals surface area contributed by atoms with Crippen molar-refractivity contribution in [3.63, 3.8) is 0 Å². The summed E-state index contributed by atoms with van der Waals surface area (Å²) in [5, 5.41) is 15.2. The minimum atomic E-state index is -0.696. The Balaban J connectivity index is 1.61. The van der Waals surface area contributed by atoms with Gasteiger partial charge in [0.05, 0.1) is 32.9 Å². The minimum absolute atomic E-state index is 0.0383. The number of hydrogen-bond acceptors (Lipinski definition) is 6. The number of nitrogens with one attached hydrogen (secondary N) is 1. The Kier molecular flexibility index (Phi) is 6.70. The monoisotopic (exact) mass is 442 g/mol. The van der Waals surface area contributed by atoms with Crippen LogP contribution in [0.4, 0.5) is 0 Å². The van der Waals surface area contributed by atoms with Crippen LogP contribution in [0, 0.1) is 0 Å². The van der Waals surface area contributed by atoms with Gasteiger partial charge in [0.1, 0.15) is 18.8 Å². The van der Waals surface area contributed by atoms with Crippen LogP contribution in [-0.4, -0.2) is 63.1 Å². The fourth-order valence-corrected chi connectivity index (χ4v) is 5.00. The minimum Gasteiger partial charge on any atom is -0.872 e. The van der Waals surface area contributed by atoms with Gasteiger partial charge in [0.2, 0.25) is 5.78 Å². The van der Waals surface area contributed by atoms with Crippen molar-refractivity contribution in [2.75, 3.05) is 46.5 Å². The van der Waals surface area contributed by atoms with Crippen molar-refractivity contribution in [3.8, 4) is 5.75 Å². The van der Waals surface area contributed by atoms with Crippen molar-refractivity contribution in [2.45, 2.75) is 12.5 Å². The molecule has 2 aromatic rings. The molecule has 1 amide bonds. The van der Waals surface area contributed by atoms with Gasteiger partial charge >= 0.3 is 0 Å². The van der Waals surface area contributed by atoms with Crippen LogP contribution in [0.3, 0.4) is 0 Å².